The third kappa shape index (κ3) is 5.75. The van der Waals surface area contributed by atoms with Gasteiger partial charge in [0.25, 0.3) is 0 Å². The Morgan fingerprint density at radius 1 is 1.20 bits per heavy atom. The van der Waals surface area contributed by atoms with Crippen LogP contribution < -0.4 is 9.47 Å². The Kier molecular flexibility index (Phi) is 6.76. The molecule has 0 spiro atoms. The van der Waals surface area contributed by atoms with E-state index in [1.54, 1.807) is 23.7 Å². The summed E-state index contributed by atoms with van der Waals surface area (Å²) in [5, 5.41) is 11.0. The number of ether oxygens (including phenoxy) is 2. The van der Waals surface area contributed by atoms with Gasteiger partial charge in [-0.15, -0.1) is 11.3 Å². The zero-order valence-electron chi connectivity index (χ0n) is 14.1. The van der Waals surface area contributed by atoms with E-state index < -0.39 is 5.97 Å². The molecule has 0 fully saturated rings. The van der Waals surface area contributed by atoms with E-state index >= 15 is 0 Å². The molecule has 0 atom stereocenters. The first kappa shape index (κ1) is 18.7. The van der Waals surface area contributed by atoms with E-state index in [4.69, 9.17) is 14.6 Å². The molecule has 2 rings (SSSR count). The second-order valence-electron chi connectivity index (χ2n) is 5.34. The van der Waals surface area contributed by atoms with Crippen LogP contribution >= 0.6 is 11.3 Å². The fourth-order valence-electron chi connectivity index (χ4n) is 2.33. The topological polar surface area (TPSA) is 89.0 Å². The first-order valence-corrected chi connectivity index (χ1v) is 8.54. The van der Waals surface area contributed by atoms with Crippen LogP contribution in [-0.4, -0.2) is 47.6 Å². The number of carboxylic acids is 1. The molecule has 0 aliphatic carbocycles. The van der Waals surface area contributed by atoms with E-state index in [1.807, 2.05) is 5.38 Å². The predicted octanol–water partition coefficient (Wildman–Crippen LogP) is 2.21. The molecular formula is C17H20N2O5S. The van der Waals surface area contributed by atoms with Gasteiger partial charge in [-0.1, -0.05) is 0 Å². The Morgan fingerprint density at radius 3 is 2.40 bits per heavy atom. The number of carbonyl (C=O) groups is 2. The molecule has 1 aromatic carbocycles. The average molecular weight is 364 g/mol. The van der Waals surface area contributed by atoms with E-state index in [9.17, 15) is 9.59 Å². The maximum Gasteiger partial charge on any atom is 0.323 e. The molecule has 1 heterocycles. The van der Waals surface area contributed by atoms with Crippen molar-refractivity contribution in [2.75, 3.05) is 20.8 Å². The molecule has 0 bridgehead atoms. The zero-order chi connectivity index (χ0) is 18.2. The standard InChI is InChI=1S/C17H20N2O5S/c1-23-14-5-12(6-15(7-14)24-2)8-19(9-17(21)22)16(20)4-3-13-10-25-11-18-13/h5-7,10-11H,3-4,8-9H2,1-2H3,(H,21,22). The monoisotopic (exact) mass is 364 g/mol. The van der Waals surface area contributed by atoms with Crippen molar-refractivity contribution in [1.82, 2.24) is 9.88 Å². The Balaban J connectivity index is 2.11. The second-order valence-corrected chi connectivity index (χ2v) is 6.06. The highest BCUT2D eigenvalue weighted by Crippen LogP contribution is 2.23. The number of nitrogens with zero attached hydrogens (tertiary/aromatic N) is 2. The van der Waals surface area contributed by atoms with E-state index in [0.717, 1.165) is 11.3 Å². The lowest BCUT2D eigenvalue weighted by atomic mass is 10.1. The van der Waals surface area contributed by atoms with Crippen LogP contribution in [0.3, 0.4) is 0 Å². The Morgan fingerprint density at radius 2 is 1.88 bits per heavy atom. The Bertz CT molecular complexity index is 696. The third-order valence-electron chi connectivity index (χ3n) is 3.54. The molecule has 0 saturated carbocycles. The van der Waals surface area contributed by atoms with Crippen molar-refractivity contribution in [2.45, 2.75) is 19.4 Å². The first-order chi connectivity index (χ1) is 12.0. The third-order valence-corrected chi connectivity index (χ3v) is 4.18. The minimum atomic E-state index is -1.06. The zero-order valence-corrected chi connectivity index (χ0v) is 14.9. The van der Waals surface area contributed by atoms with Crippen LogP contribution in [0, 0.1) is 0 Å². The summed E-state index contributed by atoms with van der Waals surface area (Å²) in [6.07, 6.45) is 0.692. The highest BCUT2D eigenvalue weighted by molar-refractivity contribution is 7.07. The van der Waals surface area contributed by atoms with Gasteiger partial charge in [0, 0.05) is 24.4 Å². The molecule has 2 aromatic rings. The van der Waals surface area contributed by atoms with Gasteiger partial charge in [0.15, 0.2) is 0 Å². The molecular weight excluding hydrogens is 344 g/mol. The van der Waals surface area contributed by atoms with Crippen molar-refractivity contribution in [3.05, 3.63) is 40.3 Å². The highest BCUT2D eigenvalue weighted by atomic mass is 32.1. The van der Waals surface area contributed by atoms with Crippen LogP contribution in [-0.2, 0) is 22.6 Å². The molecule has 134 valence electrons. The molecule has 7 nitrogen and oxygen atoms in total. The van der Waals surface area contributed by atoms with Crippen molar-refractivity contribution < 1.29 is 24.2 Å². The lowest BCUT2D eigenvalue weighted by Gasteiger charge is -2.21. The lowest BCUT2D eigenvalue weighted by Crippen LogP contribution is -2.35. The summed E-state index contributed by atoms with van der Waals surface area (Å²) in [5.74, 6) is -0.131. The number of benzene rings is 1. The van der Waals surface area contributed by atoms with E-state index in [2.05, 4.69) is 4.98 Å². The molecule has 8 heteroatoms. The SMILES string of the molecule is COc1cc(CN(CC(=O)O)C(=O)CCc2cscn2)cc(OC)c1. The van der Waals surface area contributed by atoms with E-state index in [0.29, 0.717) is 17.9 Å². The summed E-state index contributed by atoms with van der Waals surface area (Å²) in [4.78, 5) is 29.0. The van der Waals surface area contributed by atoms with Crippen LogP contribution in [0.15, 0.2) is 29.1 Å². The number of methoxy groups -OCH3 is 2. The summed E-state index contributed by atoms with van der Waals surface area (Å²) in [6.45, 7) is -0.203. The van der Waals surface area contributed by atoms with Crippen LogP contribution in [0.5, 0.6) is 11.5 Å². The predicted molar refractivity (Wildman–Crippen MR) is 93.0 cm³/mol. The van der Waals surface area contributed by atoms with Gasteiger partial charge in [0.2, 0.25) is 5.91 Å². The van der Waals surface area contributed by atoms with Crippen LogP contribution in [0.25, 0.3) is 0 Å². The molecule has 1 amide bonds. The lowest BCUT2D eigenvalue weighted by molar-refractivity contribution is -0.144. The number of amides is 1. The highest BCUT2D eigenvalue weighted by Gasteiger charge is 2.18. The van der Waals surface area contributed by atoms with Crippen molar-refractivity contribution in [3.63, 3.8) is 0 Å². The molecule has 1 aromatic heterocycles. The maximum atomic E-state index is 12.5. The van der Waals surface area contributed by atoms with Crippen LogP contribution in [0.2, 0.25) is 0 Å². The largest absolute Gasteiger partial charge is 0.497 e. The molecule has 25 heavy (non-hydrogen) atoms. The van der Waals surface area contributed by atoms with Crippen molar-refractivity contribution >= 4 is 23.2 Å². The molecule has 0 saturated heterocycles. The van der Waals surface area contributed by atoms with E-state index in [-0.39, 0.29) is 25.4 Å². The summed E-state index contributed by atoms with van der Waals surface area (Å²) < 4.78 is 10.4. The number of carbonyl (C=O) groups excluding carboxylic acids is 1. The fourth-order valence-corrected chi connectivity index (χ4v) is 2.92. The minimum Gasteiger partial charge on any atom is -0.497 e. The van der Waals surface area contributed by atoms with Gasteiger partial charge in [-0.25, -0.2) is 4.98 Å². The van der Waals surface area contributed by atoms with Gasteiger partial charge in [0.05, 0.1) is 25.4 Å². The number of aryl methyl sites for hydroxylation is 1. The van der Waals surface area contributed by atoms with Crippen molar-refractivity contribution in [2.24, 2.45) is 0 Å². The van der Waals surface area contributed by atoms with Crippen LogP contribution in [0.1, 0.15) is 17.7 Å². The van der Waals surface area contributed by atoms with Gasteiger partial charge in [0.1, 0.15) is 18.0 Å². The minimum absolute atomic E-state index is 0.162. The van der Waals surface area contributed by atoms with Gasteiger partial charge >= 0.3 is 5.97 Å². The molecule has 0 aliphatic heterocycles. The maximum absolute atomic E-state index is 12.5. The van der Waals surface area contributed by atoms with Crippen molar-refractivity contribution in [3.8, 4) is 11.5 Å². The van der Waals surface area contributed by atoms with Crippen LogP contribution in [0.4, 0.5) is 0 Å². The number of thiazole rings is 1. The Hall–Kier alpha value is -2.61. The van der Waals surface area contributed by atoms with Crippen molar-refractivity contribution in [1.29, 1.82) is 0 Å². The normalized spacial score (nSPS) is 10.3. The number of carboxylic acid groups (broad SMARTS) is 1. The Labute approximate surface area is 149 Å². The van der Waals surface area contributed by atoms with Gasteiger partial charge in [-0.05, 0) is 24.1 Å². The average Bonchev–Trinajstić information content (AvgIpc) is 3.11. The van der Waals surface area contributed by atoms with Gasteiger partial charge in [-0.3, -0.25) is 9.59 Å². The van der Waals surface area contributed by atoms with Gasteiger partial charge in [-0.2, -0.15) is 0 Å². The number of aromatic nitrogens is 1. The molecule has 0 unspecified atom stereocenters. The first-order valence-electron chi connectivity index (χ1n) is 7.60. The summed E-state index contributed by atoms with van der Waals surface area (Å²) in [5.41, 5.74) is 3.27. The smallest absolute Gasteiger partial charge is 0.323 e. The summed E-state index contributed by atoms with van der Waals surface area (Å²) in [7, 11) is 3.07. The molecule has 1 N–H and O–H groups in total. The molecule has 0 aliphatic rings. The number of hydrogen-bond donors (Lipinski definition) is 1. The van der Waals surface area contributed by atoms with Gasteiger partial charge < -0.3 is 19.5 Å². The second kappa shape index (κ2) is 9.03. The number of aliphatic carboxylic acids is 1. The summed E-state index contributed by atoms with van der Waals surface area (Å²) >= 11 is 1.46. The fraction of sp³-hybridized carbons (Fsp3) is 0.353. The number of rotatable bonds is 9. The molecule has 0 radical (unpaired) electrons. The van der Waals surface area contributed by atoms with E-state index in [1.165, 1.54) is 30.5 Å². The quantitative estimate of drug-likeness (QED) is 0.734. The summed E-state index contributed by atoms with van der Waals surface area (Å²) in [6, 6.07) is 5.23. The number of hydrogen-bond acceptors (Lipinski definition) is 6.